The molecule has 0 aliphatic carbocycles. The summed E-state index contributed by atoms with van der Waals surface area (Å²) in [5, 5.41) is 7.83. The maximum Gasteiger partial charge on any atom is 0.226 e. The second-order valence-corrected chi connectivity index (χ2v) is 5.46. The molecule has 0 saturated carbocycles. The predicted octanol–water partition coefficient (Wildman–Crippen LogP) is 3.46. The Morgan fingerprint density at radius 3 is 2.82 bits per heavy atom. The van der Waals surface area contributed by atoms with Gasteiger partial charge in [0.2, 0.25) is 5.91 Å². The van der Waals surface area contributed by atoms with Gasteiger partial charge in [0.25, 0.3) is 0 Å². The average Bonchev–Trinajstić information content (AvgIpc) is 3.02. The maximum atomic E-state index is 12.2. The van der Waals surface area contributed by atoms with Crippen molar-refractivity contribution in [2.45, 2.75) is 33.2 Å². The Hall–Kier alpha value is -2.56. The van der Waals surface area contributed by atoms with Gasteiger partial charge in [0.05, 0.1) is 12.5 Å². The summed E-state index contributed by atoms with van der Waals surface area (Å²) in [7, 11) is 0. The minimum absolute atomic E-state index is 0.0928. The Labute approximate surface area is 128 Å². The van der Waals surface area contributed by atoms with Gasteiger partial charge < -0.3 is 14.3 Å². The van der Waals surface area contributed by atoms with E-state index >= 15 is 0 Å². The van der Waals surface area contributed by atoms with Crippen molar-refractivity contribution < 1.29 is 13.7 Å². The van der Waals surface area contributed by atoms with Crippen LogP contribution in [0.2, 0.25) is 0 Å². The van der Waals surface area contributed by atoms with Crippen molar-refractivity contribution in [2.75, 3.05) is 0 Å². The summed E-state index contributed by atoms with van der Waals surface area (Å²) < 4.78 is 10.7. The molecule has 0 radical (unpaired) electrons. The number of furan rings is 1. The van der Waals surface area contributed by atoms with Crippen molar-refractivity contribution in [3.8, 4) is 0 Å². The molecule has 2 heterocycles. The molecule has 1 amide bonds. The van der Waals surface area contributed by atoms with Crippen LogP contribution in [0.25, 0.3) is 11.0 Å². The third-order valence-corrected chi connectivity index (χ3v) is 3.70. The number of carbonyl (C=O) groups is 1. The van der Waals surface area contributed by atoms with Crippen LogP contribution >= 0.6 is 0 Å². The number of hydrogen-bond donors (Lipinski definition) is 1. The van der Waals surface area contributed by atoms with Gasteiger partial charge in [0.1, 0.15) is 17.2 Å². The van der Waals surface area contributed by atoms with E-state index in [0.29, 0.717) is 11.3 Å². The zero-order valence-corrected chi connectivity index (χ0v) is 12.8. The number of aryl methyl sites for hydroxylation is 2. The number of aromatic nitrogens is 1. The van der Waals surface area contributed by atoms with Gasteiger partial charge in [0, 0.05) is 10.9 Å². The Balaban J connectivity index is 1.71. The minimum atomic E-state index is -0.108. The van der Waals surface area contributed by atoms with Crippen molar-refractivity contribution in [3.63, 3.8) is 0 Å². The van der Waals surface area contributed by atoms with Crippen LogP contribution in [0.5, 0.6) is 0 Å². The highest BCUT2D eigenvalue weighted by Crippen LogP contribution is 2.22. The average molecular weight is 298 g/mol. The fourth-order valence-electron chi connectivity index (χ4n) is 2.67. The molecule has 1 aromatic carbocycles. The van der Waals surface area contributed by atoms with Crippen LogP contribution in [-0.4, -0.2) is 11.1 Å². The minimum Gasteiger partial charge on any atom is -0.466 e. The molecule has 2 aromatic heterocycles. The van der Waals surface area contributed by atoms with Gasteiger partial charge in [-0.1, -0.05) is 17.3 Å². The highest BCUT2D eigenvalue weighted by Gasteiger charge is 2.17. The highest BCUT2D eigenvalue weighted by molar-refractivity contribution is 5.86. The van der Waals surface area contributed by atoms with E-state index in [9.17, 15) is 4.79 Å². The van der Waals surface area contributed by atoms with Crippen LogP contribution in [-0.2, 0) is 11.2 Å². The molecular formula is C17H18N2O3. The van der Waals surface area contributed by atoms with E-state index in [-0.39, 0.29) is 18.4 Å². The zero-order chi connectivity index (χ0) is 15.7. The molecule has 0 fully saturated rings. The molecule has 0 bridgehead atoms. The summed E-state index contributed by atoms with van der Waals surface area (Å²) in [6.45, 7) is 5.73. The van der Waals surface area contributed by atoms with Crippen molar-refractivity contribution in [1.29, 1.82) is 0 Å². The molecule has 0 spiro atoms. The summed E-state index contributed by atoms with van der Waals surface area (Å²) in [6.07, 6.45) is 0.192. The Bertz CT molecular complexity index is 816. The van der Waals surface area contributed by atoms with Crippen LogP contribution in [0, 0.1) is 13.8 Å². The van der Waals surface area contributed by atoms with Crippen molar-refractivity contribution in [1.82, 2.24) is 10.5 Å². The highest BCUT2D eigenvalue weighted by atomic mass is 16.5. The normalized spacial score (nSPS) is 12.5. The van der Waals surface area contributed by atoms with Gasteiger partial charge in [0.15, 0.2) is 5.58 Å². The van der Waals surface area contributed by atoms with Crippen LogP contribution < -0.4 is 5.32 Å². The van der Waals surface area contributed by atoms with Crippen LogP contribution in [0.15, 0.2) is 39.3 Å². The summed E-state index contributed by atoms with van der Waals surface area (Å²) in [5.74, 6) is 1.58. The summed E-state index contributed by atoms with van der Waals surface area (Å²) in [6, 6.07) is 9.37. The SMILES string of the molecule is Cc1cc(C(C)NC(=O)Cc2noc3ccccc23)c(C)o1. The van der Waals surface area contributed by atoms with E-state index in [1.54, 1.807) is 0 Å². The van der Waals surface area contributed by atoms with Crippen LogP contribution in [0.3, 0.4) is 0 Å². The zero-order valence-electron chi connectivity index (χ0n) is 12.8. The second kappa shape index (κ2) is 5.67. The monoisotopic (exact) mass is 298 g/mol. The molecule has 114 valence electrons. The molecule has 0 aliphatic rings. The van der Waals surface area contributed by atoms with Gasteiger partial charge in [-0.2, -0.15) is 0 Å². The number of nitrogens with zero attached hydrogens (tertiary/aromatic N) is 1. The number of hydrogen-bond acceptors (Lipinski definition) is 4. The van der Waals surface area contributed by atoms with E-state index in [2.05, 4.69) is 10.5 Å². The van der Waals surface area contributed by atoms with Gasteiger partial charge in [-0.25, -0.2) is 0 Å². The molecule has 22 heavy (non-hydrogen) atoms. The summed E-state index contributed by atoms with van der Waals surface area (Å²) in [5.41, 5.74) is 2.34. The topological polar surface area (TPSA) is 68.3 Å². The first-order valence-electron chi connectivity index (χ1n) is 7.24. The second-order valence-electron chi connectivity index (χ2n) is 5.46. The fourth-order valence-corrected chi connectivity index (χ4v) is 2.67. The van der Waals surface area contributed by atoms with Gasteiger partial charge in [-0.3, -0.25) is 4.79 Å². The number of rotatable bonds is 4. The molecule has 1 unspecified atom stereocenters. The van der Waals surface area contributed by atoms with E-state index in [4.69, 9.17) is 8.94 Å². The lowest BCUT2D eigenvalue weighted by atomic mass is 10.1. The molecule has 5 heteroatoms. The number of benzene rings is 1. The Morgan fingerprint density at radius 2 is 2.09 bits per heavy atom. The molecule has 3 rings (SSSR count). The quantitative estimate of drug-likeness (QED) is 0.801. The first-order valence-corrected chi connectivity index (χ1v) is 7.24. The maximum absolute atomic E-state index is 12.2. The molecule has 1 N–H and O–H groups in total. The van der Waals surface area contributed by atoms with E-state index in [1.807, 2.05) is 51.1 Å². The van der Waals surface area contributed by atoms with Crippen molar-refractivity contribution >= 4 is 16.9 Å². The number of fused-ring (bicyclic) bond motifs is 1. The van der Waals surface area contributed by atoms with Crippen LogP contribution in [0.4, 0.5) is 0 Å². The fraction of sp³-hybridized carbons (Fsp3) is 0.294. The Morgan fingerprint density at radius 1 is 1.32 bits per heavy atom. The standard InChI is InChI=1S/C17H18N2O3/c1-10-8-14(12(3)21-10)11(2)18-17(20)9-15-13-6-4-5-7-16(13)22-19-15/h4-8,11H,9H2,1-3H3,(H,18,20). The lowest BCUT2D eigenvalue weighted by Gasteiger charge is -2.12. The smallest absolute Gasteiger partial charge is 0.226 e. The largest absolute Gasteiger partial charge is 0.466 e. The summed E-state index contributed by atoms with van der Waals surface area (Å²) in [4.78, 5) is 12.2. The lowest BCUT2D eigenvalue weighted by Crippen LogP contribution is -2.28. The third-order valence-electron chi connectivity index (χ3n) is 3.70. The van der Waals surface area contributed by atoms with Crippen molar-refractivity contribution in [2.24, 2.45) is 0 Å². The van der Waals surface area contributed by atoms with E-state index in [0.717, 1.165) is 22.5 Å². The van der Waals surface area contributed by atoms with Crippen LogP contribution in [0.1, 0.15) is 35.7 Å². The van der Waals surface area contributed by atoms with Gasteiger partial charge in [-0.15, -0.1) is 0 Å². The predicted molar refractivity (Wildman–Crippen MR) is 82.5 cm³/mol. The van der Waals surface area contributed by atoms with Gasteiger partial charge >= 0.3 is 0 Å². The number of carbonyl (C=O) groups excluding carboxylic acids is 1. The summed E-state index contributed by atoms with van der Waals surface area (Å²) >= 11 is 0. The van der Waals surface area contributed by atoms with E-state index < -0.39 is 0 Å². The number of nitrogens with one attached hydrogen (secondary N) is 1. The molecule has 5 nitrogen and oxygen atoms in total. The number of para-hydroxylation sites is 1. The lowest BCUT2D eigenvalue weighted by molar-refractivity contribution is -0.121. The van der Waals surface area contributed by atoms with E-state index in [1.165, 1.54) is 0 Å². The number of amides is 1. The first kappa shape index (κ1) is 14.4. The Kier molecular flexibility index (Phi) is 3.71. The molecular weight excluding hydrogens is 280 g/mol. The molecule has 0 aliphatic heterocycles. The van der Waals surface area contributed by atoms with Crippen molar-refractivity contribution in [3.05, 3.63) is 53.1 Å². The third kappa shape index (κ3) is 2.74. The molecule has 3 aromatic rings. The molecule has 1 atom stereocenters. The first-order chi connectivity index (χ1) is 10.5. The molecule has 0 saturated heterocycles. The van der Waals surface area contributed by atoms with Gasteiger partial charge in [-0.05, 0) is 39.0 Å².